The Hall–Kier alpha value is -0.213. The minimum absolute atomic E-state index is 1.11. The van der Waals surface area contributed by atoms with Crippen molar-refractivity contribution >= 4 is 20.7 Å². The van der Waals surface area contributed by atoms with E-state index in [1.54, 1.807) is 0 Å². The van der Waals surface area contributed by atoms with Gasteiger partial charge in [-0.05, 0) is 17.7 Å². The predicted molar refractivity (Wildman–Crippen MR) is 112 cm³/mol. The van der Waals surface area contributed by atoms with E-state index in [4.69, 9.17) is 0 Å². The number of hydrogen-bond acceptors (Lipinski definition) is 1. The lowest BCUT2D eigenvalue weighted by atomic mass is 10.1. The van der Waals surface area contributed by atoms with Crippen molar-refractivity contribution < 1.29 is 0 Å². The molecule has 0 aliphatic heterocycles. The first-order chi connectivity index (χ1) is 11.0. The van der Waals surface area contributed by atoms with Gasteiger partial charge >= 0.3 is 0 Å². The summed E-state index contributed by atoms with van der Waals surface area (Å²) in [6, 6.07) is 11.4. The van der Waals surface area contributed by atoms with E-state index in [-0.39, 0.29) is 0 Å². The van der Waals surface area contributed by atoms with Crippen LogP contribution in [0.15, 0.2) is 29.2 Å². The lowest BCUT2D eigenvalue weighted by Crippen LogP contribution is -2.29. The van der Waals surface area contributed by atoms with Gasteiger partial charge in [-0.1, -0.05) is 108 Å². The fourth-order valence-corrected chi connectivity index (χ4v) is 6.47. The van der Waals surface area contributed by atoms with Crippen molar-refractivity contribution in [3.05, 3.63) is 29.8 Å². The molecule has 0 radical (unpaired) electrons. The molecule has 0 fully saturated rings. The molecule has 1 aromatic carbocycles. The maximum atomic E-state index is 4.61. The highest BCUT2D eigenvalue weighted by molar-refractivity contribution is 7.80. The second-order valence-electron chi connectivity index (χ2n) is 7.90. The fourth-order valence-electron chi connectivity index (χ4n) is 3.36. The first-order valence-electron chi connectivity index (χ1n) is 9.82. The van der Waals surface area contributed by atoms with Gasteiger partial charge in [0.2, 0.25) is 0 Å². The van der Waals surface area contributed by atoms with Crippen LogP contribution in [0.5, 0.6) is 0 Å². The lowest BCUT2D eigenvalue weighted by Gasteiger charge is -2.23. The summed E-state index contributed by atoms with van der Waals surface area (Å²) in [5, 5.41) is 0. The molecule has 0 bridgehead atoms. The van der Waals surface area contributed by atoms with Crippen LogP contribution in [0.4, 0.5) is 0 Å². The summed E-state index contributed by atoms with van der Waals surface area (Å²) in [5.41, 5.74) is 1.46. The molecule has 23 heavy (non-hydrogen) atoms. The smallest absolute Gasteiger partial charge is 0.0518 e. The topological polar surface area (TPSA) is 0 Å². The van der Waals surface area contributed by atoms with Crippen molar-refractivity contribution in [2.24, 2.45) is 0 Å². The molecule has 0 spiro atoms. The summed E-state index contributed by atoms with van der Waals surface area (Å²) in [5.74, 6) is 0. The summed E-state index contributed by atoms with van der Waals surface area (Å²) in [6.07, 6.45) is 14.4. The van der Waals surface area contributed by atoms with E-state index in [1.807, 2.05) is 0 Å². The summed E-state index contributed by atoms with van der Waals surface area (Å²) in [4.78, 5) is 1.18. The van der Waals surface area contributed by atoms with Gasteiger partial charge in [-0.2, -0.15) is 0 Å². The van der Waals surface area contributed by atoms with Gasteiger partial charge in [-0.25, -0.2) is 0 Å². The molecule has 1 rings (SSSR count). The molecular formula is C21H38SSi. The molecule has 2 heteroatoms. The zero-order chi connectivity index (χ0) is 17.0. The largest absolute Gasteiger partial charge is 0.143 e. The maximum Gasteiger partial charge on any atom is 0.0518 e. The highest BCUT2D eigenvalue weighted by Gasteiger charge is 2.21. The van der Waals surface area contributed by atoms with Crippen LogP contribution in [0.25, 0.3) is 0 Å². The number of unbranched alkanes of at least 4 members (excludes halogenated alkanes) is 9. The Labute approximate surface area is 151 Å². The van der Waals surface area contributed by atoms with Gasteiger partial charge < -0.3 is 0 Å². The zero-order valence-corrected chi connectivity index (χ0v) is 17.6. The third-order valence-corrected chi connectivity index (χ3v) is 8.35. The molecule has 0 aliphatic rings. The minimum Gasteiger partial charge on any atom is -0.143 e. The Morgan fingerprint density at radius 1 is 0.783 bits per heavy atom. The van der Waals surface area contributed by atoms with Crippen LogP contribution in [-0.4, -0.2) is 8.07 Å². The second kappa shape index (κ2) is 12.2. The Kier molecular flexibility index (Phi) is 11.0. The predicted octanol–water partition coefficient (Wildman–Crippen LogP) is 7.69. The Morgan fingerprint density at radius 2 is 1.30 bits per heavy atom. The van der Waals surface area contributed by atoms with E-state index in [0.717, 1.165) is 0 Å². The first kappa shape index (κ1) is 20.8. The van der Waals surface area contributed by atoms with Crippen LogP contribution < -0.4 is 0 Å². The first-order valence-corrected chi connectivity index (χ1v) is 13.7. The Morgan fingerprint density at radius 3 is 1.87 bits per heavy atom. The normalized spacial score (nSPS) is 11.8. The molecule has 0 atom stereocenters. The summed E-state index contributed by atoms with van der Waals surface area (Å²) in [6.45, 7) is 7.38. The Balaban J connectivity index is 2.07. The van der Waals surface area contributed by atoms with Crippen LogP contribution >= 0.6 is 12.6 Å². The molecule has 0 aliphatic carbocycles. The molecule has 0 heterocycles. The molecule has 0 saturated carbocycles. The van der Waals surface area contributed by atoms with Crippen LogP contribution in [0.3, 0.4) is 0 Å². The van der Waals surface area contributed by atoms with E-state index < -0.39 is 8.07 Å². The van der Waals surface area contributed by atoms with Crippen molar-refractivity contribution in [2.75, 3.05) is 0 Å². The molecular weight excluding hydrogens is 312 g/mol. The van der Waals surface area contributed by atoms with Crippen molar-refractivity contribution in [1.29, 1.82) is 0 Å². The van der Waals surface area contributed by atoms with Gasteiger partial charge in [-0.3, -0.25) is 0 Å². The van der Waals surface area contributed by atoms with E-state index in [9.17, 15) is 0 Å². The quantitative estimate of drug-likeness (QED) is 0.210. The average molecular weight is 351 g/mol. The summed E-state index contributed by atoms with van der Waals surface area (Å²) in [7, 11) is -1.11. The van der Waals surface area contributed by atoms with E-state index in [2.05, 4.69) is 56.9 Å². The van der Waals surface area contributed by atoms with Crippen LogP contribution in [0.2, 0.25) is 19.1 Å². The minimum atomic E-state index is -1.11. The highest BCUT2D eigenvalue weighted by Crippen LogP contribution is 2.24. The Bertz CT molecular complexity index is 414. The molecule has 0 unspecified atom stereocenters. The van der Waals surface area contributed by atoms with E-state index in [1.165, 1.54) is 86.8 Å². The molecule has 1 aromatic rings. The van der Waals surface area contributed by atoms with Crippen LogP contribution in [0.1, 0.15) is 76.7 Å². The second-order valence-corrected chi connectivity index (χ2v) is 13.6. The molecule has 0 aromatic heterocycles. The van der Waals surface area contributed by atoms with Gasteiger partial charge in [0.05, 0.1) is 8.07 Å². The maximum absolute atomic E-state index is 4.61. The number of benzene rings is 1. The monoisotopic (exact) mass is 350 g/mol. The van der Waals surface area contributed by atoms with Crippen molar-refractivity contribution in [3.8, 4) is 0 Å². The van der Waals surface area contributed by atoms with E-state index in [0.29, 0.717) is 0 Å². The molecule has 0 nitrogen and oxygen atoms in total. The van der Waals surface area contributed by atoms with Gasteiger partial charge in [0.1, 0.15) is 0 Å². The van der Waals surface area contributed by atoms with Gasteiger partial charge in [0, 0.05) is 4.90 Å². The fraction of sp³-hybridized carbons (Fsp3) is 0.714. The van der Waals surface area contributed by atoms with Crippen LogP contribution in [-0.2, 0) is 6.04 Å². The standard InChI is InChI=1S/C21H38SSi/c1-4-5-6-7-8-9-10-11-12-15-18-23(2,3)19-20-16-13-14-17-21(20)22/h13-14,16-17,22H,4-12,15,18-19H2,1-3H3. The van der Waals surface area contributed by atoms with Gasteiger partial charge in [0.15, 0.2) is 0 Å². The summed E-state index contributed by atoms with van der Waals surface area (Å²) >= 11 is 4.61. The SMILES string of the molecule is CCCCCCCCCCCC[Si](C)(C)Cc1ccccc1S. The number of thiol groups is 1. The van der Waals surface area contributed by atoms with Gasteiger partial charge in [-0.15, -0.1) is 12.6 Å². The molecule has 0 saturated heterocycles. The molecule has 132 valence electrons. The van der Waals surface area contributed by atoms with E-state index >= 15 is 0 Å². The van der Waals surface area contributed by atoms with Gasteiger partial charge in [0.25, 0.3) is 0 Å². The lowest BCUT2D eigenvalue weighted by molar-refractivity contribution is 0.561. The summed E-state index contributed by atoms with van der Waals surface area (Å²) < 4.78 is 0. The average Bonchev–Trinajstić information content (AvgIpc) is 2.51. The highest BCUT2D eigenvalue weighted by atomic mass is 32.1. The molecule has 0 N–H and O–H groups in total. The third-order valence-electron chi connectivity index (χ3n) is 4.87. The third kappa shape index (κ3) is 10.3. The zero-order valence-electron chi connectivity index (χ0n) is 15.7. The molecule has 0 amide bonds. The number of hydrogen-bond donors (Lipinski definition) is 1. The van der Waals surface area contributed by atoms with Crippen molar-refractivity contribution in [1.82, 2.24) is 0 Å². The van der Waals surface area contributed by atoms with Crippen molar-refractivity contribution in [2.45, 2.75) is 101 Å². The van der Waals surface area contributed by atoms with Crippen LogP contribution in [0, 0.1) is 0 Å². The number of rotatable bonds is 13. The van der Waals surface area contributed by atoms with Crippen molar-refractivity contribution in [3.63, 3.8) is 0 Å².